The summed E-state index contributed by atoms with van der Waals surface area (Å²) >= 11 is 0. The molecule has 2 aliphatic heterocycles. The van der Waals surface area contributed by atoms with Crippen molar-refractivity contribution >= 4 is 21.6 Å². The molecule has 0 saturated carbocycles. The van der Waals surface area contributed by atoms with Crippen LogP contribution in [0.15, 0.2) is 51.9 Å². The van der Waals surface area contributed by atoms with Crippen molar-refractivity contribution in [2.24, 2.45) is 5.92 Å². The Balaban J connectivity index is 1.25. The summed E-state index contributed by atoms with van der Waals surface area (Å²) in [6.07, 6.45) is 2.29. The zero-order chi connectivity index (χ0) is 25.4. The van der Waals surface area contributed by atoms with Crippen LogP contribution >= 0.6 is 0 Å². The van der Waals surface area contributed by atoms with Crippen molar-refractivity contribution in [2.45, 2.75) is 30.7 Å². The van der Waals surface area contributed by atoms with Crippen molar-refractivity contribution < 1.29 is 22.1 Å². The van der Waals surface area contributed by atoms with Gasteiger partial charge in [0.2, 0.25) is 27.6 Å². The highest BCUT2D eigenvalue weighted by molar-refractivity contribution is 7.89. The maximum absolute atomic E-state index is 13.5. The van der Waals surface area contributed by atoms with Gasteiger partial charge in [-0.05, 0) is 73.8 Å². The third-order valence-corrected chi connectivity index (χ3v) is 8.59. The summed E-state index contributed by atoms with van der Waals surface area (Å²) in [5.74, 6) is 0.405. The van der Waals surface area contributed by atoms with Crippen LogP contribution in [0.5, 0.6) is 0 Å². The Morgan fingerprint density at radius 2 is 1.94 bits per heavy atom. The number of anilines is 1. The predicted molar refractivity (Wildman–Crippen MR) is 131 cm³/mol. The molecule has 3 aromatic rings. The number of sulfonamides is 1. The fraction of sp³-hybridized carbons (Fsp3) is 0.400. The molecular formula is C25H28FN5O4S. The third-order valence-electron chi connectivity index (χ3n) is 6.78. The van der Waals surface area contributed by atoms with Gasteiger partial charge >= 0.3 is 0 Å². The number of hydrogen-bond donors (Lipinski definition) is 0. The van der Waals surface area contributed by atoms with Gasteiger partial charge in [-0.25, -0.2) is 17.1 Å². The lowest BCUT2D eigenvalue weighted by Gasteiger charge is -2.33. The third kappa shape index (κ3) is 4.78. The molecule has 0 bridgehead atoms. The Kier molecular flexibility index (Phi) is 6.62. The molecule has 1 fully saturated rings. The molecule has 0 aliphatic carbocycles. The number of halogens is 1. The van der Waals surface area contributed by atoms with Gasteiger partial charge in [0.1, 0.15) is 5.82 Å². The van der Waals surface area contributed by atoms with Gasteiger partial charge in [0.05, 0.1) is 17.4 Å². The lowest BCUT2D eigenvalue weighted by Crippen LogP contribution is -2.44. The maximum atomic E-state index is 13.5. The first-order chi connectivity index (χ1) is 17.2. The molecule has 1 atom stereocenters. The van der Waals surface area contributed by atoms with Crippen molar-refractivity contribution in [3.63, 3.8) is 0 Å². The number of carbonyl (C=O) groups is 1. The molecule has 36 heavy (non-hydrogen) atoms. The number of carbonyl (C=O) groups excluding carboxylic acids is 1. The van der Waals surface area contributed by atoms with Gasteiger partial charge in [-0.1, -0.05) is 5.16 Å². The predicted octanol–water partition coefficient (Wildman–Crippen LogP) is 2.93. The average molecular weight is 514 g/mol. The van der Waals surface area contributed by atoms with Crippen LogP contribution in [0, 0.1) is 11.7 Å². The molecule has 2 aromatic carbocycles. The highest BCUT2D eigenvalue weighted by Gasteiger charge is 2.34. The first kappa shape index (κ1) is 24.5. The van der Waals surface area contributed by atoms with E-state index in [0.29, 0.717) is 43.3 Å². The van der Waals surface area contributed by atoms with Crippen LogP contribution in [0.1, 0.15) is 24.3 Å². The summed E-state index contributed by atoms with van der Waals surface area (Å²) in [4.78, 5) is 22.1. The standard InChI is InChI=1S/C25H28FN5O4S/c1-29(2)36(33,34)21-9-10-22-18(14-21)11-13-31(22)25(32)19-4-3-12-30(15-19)16-23-27-24(28-35-23)17-5-7-20(26)8-6-17/h5-10,14,19H,3-4,11-13,15-16H2,1-2H3. The highest BCUT2D eigenvalue weighted by Crippen LogP contribution is 2.33. The minimum absolute atomic E-state index is 0.0548. The van der Waals surface area contributed by atoms with Crippen molar-refractivity contribution in [1.82, 2.24) is 19.3 Å². The number of nitrogens with zero attached hydrogens (tertiary/aromatic N) is 5. The lowest BCUT2D eigenvalue weighted by molar-refractivity contribution is -0.124. The molecule has 0 radical (unpaired) electrons. The number of rotatable bonds is 6. The summed E-state index contributed by atoms with van der Waals surface area (Å²) in [6, 6.07) is 10.9. The van der Waals surface area contributed by atoms with Crippen LogP contribution in [0.3, 0.4) is 0 Å². The molecule has 9 nitrogen and oxygen atoms in total. The molecule has 1 saturated heterocycles. The molecule has 11 heteroatoms. The van der Waals surface area contributed by atoms with E-state index < -0.39 is 10.0 Å². The Hall–Kier alpha value is -3.15. The van der Waals surface area contributed by atoms with E-state index in [1.54, 1.807) is 35.2 Å². The van der Waals surface area contributed by atoms with E-state index in [1.165, 1.54) is 30.5 Å². The quantitative estimate of drug-likeness (QED) is 0.500. The first-order valence-electron chi connectivity index (χ1n) is 11.9. The van der Waals surface area contributed by atoms with Gasteiger partial charge in [-0.2, -0.15) is 4.98 Å². The summed E-state index contributed by atoms with van der Waals surface area (Å²) in [6.45, 7) is 2.37. The number of fused-ring (bicyclic) bond motifs is 1. The SMILES string of the molecule is CN(C)S(=O)(=O)c1ccc2c(c1)CCN2C(=O)C1CCCN(Cc2nc(-c3ccc(F)cc3)no2)C1. The molecule has 190 valence electrons. The zero-order valence-corrected chi connectivity index (χ0v) is 21.0. The Morgan fingerprint density at radius 3 is 2.69 bits per heavy atom. The fourth-order valence-corrected chi connectivity index (χ4v) is 5.78. The summed E-state index contributed by atoms with van der Waals surface area (Å²) in [5.41, 5.74) is 2.33. The molecule has 1 amide bonds. The zero-order valence-electron chi connectivity index (χ0n) is 20.2. The molecule has 5 rings (SSSR count). The first-order valence-corrected chi connectivity index (χ1v) is 13.3. The molecular weight excluding hydrogens is 485 g/mol. The van der Waals surface area contributed by atoms with E-state index in [2.05, 4.69) is 15.0 Å². The Morgan fingerprint density at radius 1 is 1.17 bits per heavy atom. The van der Waals surface area contributed by atoms with Crippen LogP contribution in [-0.4, -0.2) is 67.4 Å². The normalized spacial score (nSPS) is 18.6. The van der Waals surface area contributed by atoms with Crippen LogP contribution in [0.4, 0.5) is 10.1 Å². The van der Waals surface area contributed by atoms with Gasteiger partial charge in [0.25, 0.3) is 0 Å². The number of amides is 1. The second kappa shape index (κ2) is 9.72. The highest BCUT2D eigenvalue weighted by atomic mass is 32.2. The molecule has 0 N–H and O–H groups in total. The van der Waals surface area contributed by atoms with Gasteiger partial charge in [0, 0.05) is 38.4 Å². The number of aromatic nitrogens is 2. The minimum atomic E-state index is -3.53. The second-order valence-corrected chi connectivity index (χ2v) is 11.6. The van der Waals surface area contributed by atoms with E-state index in [9.17, 15) is 17.6 Å². The van der Waals surface area contributed by atoms with Crippen LogP contribution < -0.4 is 4.90 Å². The molecule has 1 aromatic heterocycles. The number of likely N-dealkylation sites (tertiary alicyclic amines) is 1. The Labute approximate surface area is 209 Å². The molecule has 2 aliphatic rings. The van der Waals surface area contributed by atoms with Crippen LogP contribution in [0.2, 0.25) is 0 Å². The second-order valence-electron chi connectivity index (χ2n) is 9.41. The minimum Gasteiger partial charge on any atom is -0.338 e. The summed E-state index contributed by atoms with van der Waals surface area (Å²) < 4.78 is 44.7. The Bertz CT molecular complexity index is 1370. The van der Waals surface area contributed by atoms with Gasteiger partial charge < -0.3 is 9.42 Å². The number of hydrogen-bond acceptors (Lipinski definition) is 7. The van der Waals surface area contributed by atoms with Crippen LogP contribution in [0.25, 0.3) is 11.4 Å². The van der Waals surface area contributed by atoms with Crippen molar-refractivity contribution in [1.29, 1.82) is 0 Å². The van der Waals surface area contributed by atoms with Gasteiger partial charge in [-0.3, -0.25) is 9.69 Å². The van der Waals surface area contributed by atoms with E-state index >= 15 is 0 Å². The van der Waals surface area contributed by atoms with Crippen molar-refractivity contribution in [3.05, 3.63) is 59.7 Å². The topological polar surface area (TPSA) is 99.9 Å². The largest absolute Gasteiger partial charge is 0.338 e. The number of benzene rings is 2. The van der Waals surface area contributed by atoms with E-state index in [1.807, 2.05) is 0 Å². The lowest BCUT2D eigenvalue weighted by atomic mass is 9.96. The van der Waals surface area contributed by atoms with Gasteiger partial charge in [0.15, 0.2) is 0 Å². The summed E-state index contributed by atoms with van der Waals surface area (Å²) in [7, 11) is -0.515. The fourth-order valence-electron chi connectivity index (χ4n) is 4.83. The van der Waals surface area contributed by atoms with Crippen molar-refractivity contribution in [3.8, 4) is 11.4 Å². The monoisotopic (exact) mass is 513 g/mol. The maximum Gasteiger partial charge on any atom is 0.242 e. The summed E-state index contributed by atoms with van der Waals surface area (Å²) in [5, 5.41) is 4.00. The average Bonchev–Trinajstić information content (AvgIpc) is 3.51. The molecule has 3 heterocycles. The smallest absolute Gasteiger partial charge is 0.242 e. The van der Waals surface area contributed by atoms with E-state index in [0.717, 1.165) is 30.6 Å². The van der Waals surface area contributed by atoms with Crippen molar-refractivity contribution in [2.75, 3.05) is 38.6 Å². The number of piperidine rings is 1. The van der Waals surface area contributed by atoms with Gasteiger partial charge in [-0.15, -0.1) is 0 Å². The van der Waals surface area contributed by atoms with E-state index in [4.69, 9.17) is 4.52 Å². The molecule has 1 unspecified atom stereocenters. The van der Waals surface area contributed by atoms with Crippen LogP contribution in [-0.2, 0) is 27.8 Å². The van der Waals surface area contributed by atoms with E-state index in [-0.39, 0.29) is 22.5 Å². The molecule has 0 spiro atoms.